The predicted molar refractivity (Wildman–Crippen MR) is 100 cm³/mol. The molecule has 0 saturated carbocycles. The summed E-state index contributed by atoms with van der Waals surface area (Å²) in [6.07, 6.45) is 1.05. The van der Waals surface area contributed by atoms with E-state index in [2.05, 4.69) is 31.4 Å². The molecule has 1 rings (SSSR count). The first-order chi connectivity index (χ1) is 9.25. The van der Waals surface area contributed by atoms with Gasteiger partial charge in [-0.05, 0) is 44.9 Å². The van der Waals surface area contributed by atoms with Crippen LogP contribution in [0.5, 0.6) is 0 Å². The van der Waals surface area contributed by atoms with E-state index in [4.69, 9.17) is 35.4 Å². The van der Waals surface area contributed by atoms with Crippen LogP contribution >= 0.6 is 47.8 Å². The zero-order valence-electron chi connectivity index (χ0n) is 12.8. The van der Waals surface area contributed by atoms with Gasteiger partial charge in [0.25, 0.3) is 0 Å². The second-order valence-corrected chi connectivity index (χ2v) is 6.97. The van der Waals surface area contributed by atoms with E-state index in [0.717, 1.165) is 23.5 Å². The predicted octanol–water partition coefficient (Wildman–Crippen LogP) is 5.17. The van der Waals surface area contributed by atoms with Crippen LogP contribution < -0.4 is 10.6 Å². The molecule has 0 amide bonds. The minimum atomic E-state index is 0. The summed E-state index contributed by atoms with van der Waals surface area (Å²) in [7, 11) is 0. The average molecular weight is 370 g/mol. The van der Waals surface area contributed by atoms with Gasteiger partial charge >= 0.3 is 0 Å². The number of hydrogen-bond donors (Lipinski definition) is 2. The van der Waals surface area contributed by atoms with Crippen LogP contribution in [-0.2, 0) is 0 Å². The van der Waals surface area contributed by atoms with E-state index in [0.29, 0.717) is 10.0 Å². The number of thiocarbonyl (C=S) groups is 1. The first-order valence-electron chi connectivity index (χ1n) is 6.72. The Labute approximate surface area is 149 Å². The molecule has 0 aromatic heterocycles. The van der Waals surface area contributed by atoms with Gasteiger partial charge in [-0.25, -0.2) is 0 Å². The summed E-state index contributed by atoms with van der Waals surface area (Å²) in [5, 5.41) is 7.98. The quantitative estimate of drug-likeness (QED) is 0.676. The highest BCUT2D eigenvalue weighted by Crippen LogP contribution is 2.26. The standard InChI is InChI=1S/C15H22Cl2N2S.ClH/c1-5-15(3,4)18-9-14(19-10(2)20)11-6-7-12(16)13(17)8-11;/h6-8,14,18H,5,9H2,1-4H3,(H,19,20);1H. The molecule has 120 valence electrons. The Hall–Kier alpha value is -0.0600. The third kappa shape index (κ3) is 7.16. The van der Waals surface area contributed by atoms with Gasteiger partial charge in [-0.2, -0.15) is 0 Å². The van der Waals surface area contributed by atoms with Gasteiger partial charge in [0.1, 0.15) is 0 Å². The fourth-order valence-corrected chi connectivity index (χ4v) is 2.18. The lowest BCUT2D eigenvalue weighted by atomic mass is 10.00. The zero-order valence-corrected chi connectivity index (χ0v) is 15.9. The van der Waals surface area contributed by atoms with Gasteiger partial charge in [0.2, 0.25) is 0 Å². The van der Waals surface area contributed by atoms with Crippen LogP contribution in [0.25, 0.3) is 0 Å². The highest BCUT2D eigenvalue weighted by Gasteiger charge is 2.19. The Morgan fingerprint density at radius 2 is 1.90 bits per heavy atom. The van der Waals surface area contributed by atoms with Crippen molar-refractivity contribution < 1.29 is 0 Å². The molecule has 0 aliphatic rings. The van der Waals surface area contributed by atoms with Crippen LogP contribution in [0.3, 0.4) is 0 Å². The van der Waals surface area contributed by atoms with Crippen molar-refractivity contribution in [3.05, 3.63) is 33.8 Å². The third-order valence-electron chi connectivity index (χ3n) is 3.39. The number of benzene rings is 1. The molecule has 0 fully saturated rings. The van der Waals surface area contributed by atoms with E-state index in [1.807, 2.05) is 25.1 Å². The molecule has 0 heterocycles. The first kappa shape index (κ1) is 20.9. The van der Waals surface area contributed by atoms with Crippen molar-refractivity contribution >= 4 is 52.8 Å². The minimum absolute atomic E-state index is 0. The fourth-order valence-electron chi connectivity index (χ4n) is 1.73. The monoisotopic (exact) mass is 368 g/mol. The molecule has 0 radical (unpaired) electrons. The lowest BCUT2D eigenvalue weighted by molar-refractivity contribution is 0.358. The van der Waals surface area contributed by atoms with E-state index in [1.54, 1.807) is 0 Å². The Bertz CT molecular complexity index is 478. The largest absolute Gasteiger partial charge is 0.372 e. The van der Waals surface area contributed by atoms with Crippen LogP contribution in [0.1, 0.15) is 45.7 Å². The molecule has 1 atom stereocenters. The Morgan fingerprint density at radius 3 is 2.38 bits per heavy atom. The molecular formula is C15H23Cl3N2S. The van der Waals surface area contributed by atoms with Crippen LogP contribution in [0.2, 0.25) is 10.0 Å². The smallest absolute Gasteiger partial charge is 0.0727 e. The van der Waals surface area contributed by atoms with Crippen molar-refractivity contribution in [3.8, 4) is 0 Å². The van der Waals surface area contributed by atoms with Crippen LogP contribution in [0.15, 0.2) is 18.2 Å². The normalized spacial score (nSPS) is 12.5. The molecule has 6 heteroatoms. The Morgan fingerprint density at radius 1 is 1.29 bits per heavy atom. The Kier molecular flexibility index (Phi) is 9.14. The average Bonchev–Trinajstić information content (AvgIpc) is 2.37. The van der Waals surface area contributed by atoms with E-state index < -0.39 is 0 Å². The number of hydrogen-bond acceptors (Lipinski definition) is 2. The third-order valence-corrected chi connectivity index (χ3v) is 4.25. The molecule has 1 aromatic carbocycles. The van der Waals surface area contributed by atoms with Gasteiger partial charge < -0.3 is 10.6 Å². The summed E-state index contributed by atoms with van der Waals surface area (Å²) in [4.78, 5) is 0.761. The number of rotatable bonds is 6. The van der Waals surface area contributed by atoms with Crippen molar-refractivity contribution in [3.63, 3.8) is 0 Å². The lowest BCUT2D eigenvalue weighted by Crippen LogP contribution is -2.44. The van der Waals surface area contributed by atoms with Crippen molar-refractivity contribution in [2.75, 3.05) is 6.54 Å². The van der Waals surface area contributed by atoms with Crippen LogP contribution in [0.4, 0.5) is 0 Å². The van der Waals surface area contributed by atoms with Gasteiger partial charge in [0, 0.05) is 12.1 Å². The summed E-state index contributed by atoms with van der Waals surface area (Å²) in [6.45, 7) is 9.18. The van der Waals surface area contributed by atoms with Crippen molar-refractivity contribution in [1.82, 2.24) is 10.6 Å². The SMILES string of the molecule is CCC(C)(C)NCC(NC(C)=S)c1ccc(Cl)c(Cl)c1.Cl. The molecule has 0 bridgehead atoms. The molecular weight excluding hydrogens is 347 g/mol. The first-order valence-corrected chi connectivity index (χ1v) is 7.88. The molecule has 0 aliphatic carbocycles. The van der Waals surface area contributed by atoms with Crippen molar-refractivity contribution in [2.24, 2.45) is 0 Å². The lowest BCUT2D eigenvalue weighted by Gasteiger charge is -2.29. The second-order valence-electron chi connectivity index (χ2n) is 5.54. The van der Waals surface area contributed by atoms with Crippen LogP contribution in [-0.4, -0.2) is 17.1 Å². The maximum absolute atomic E-state index is 6.10. The topological polar surface area (TPSA) is 24.1 Å². The van der Waals surface area contributed by atoms with Gasteiger partial charge in [-0.1, -0.05) is 48.4 Å². The van der Waals surface area contributed by atoms with Gasteiger partial charge in [-0.3, -0.25) is 0 Å². The molecule has 0 spiro atoms. The van der Waals surface area contributed by atoms with Crippen molar-refractivity contribution in [1.29, 1.82) is 0 Å². The molecule has 1 unspecified atom stereocenters. The molecule has 2 nitrogen and oxygen atoms in total. The Balaban J connectivity index is 0.00000400. The summed E-state index contributed by atoms with van der Waals surface area (Å²) in [5.41, 5.74) is 1.16. The van der Waals surface area contributed by atoms with E-state index in [1.165, 1.54) is 0 Å². The summed E-state index contributed by atoms with van der Waals surface area (Å²) >= 11 is 17.2. The minimum Gasteiger partial charge on any atom is -0.372 e. The second kappa shape index (κ2) is 9.16. The zero-order chi connectivity index (χ0) is 15.3. The number of nitrogens with one attached hydrogen (secondary N) is 2. The molecule has 0 saturated heterocycles. The van der Waals surface area contributed by atoms with E-state index in [9.17, 15) is 0 Å². The van der Waals surface area contributed by atoms with E-state index >= 15 is 0 Å². The fraction of sp³-hybridized carbons (Fsp3) is 0.533. The van der Waals surface area contributed by atoms with Crippen molar-refractivity contribution in [2.45, 2.75) is 45.7 Å². The maximum Gasteiger partial charge on any atom is 0.0727 e. The van der Waals surface area contributed by atoms with Gasteiger partial charge in [0.05, 0.1) is 21.1 Å². The maximum atomic E-state index is 6.10. The summed E-state index contributed by atoms with van der Waals surface area (Å²) in [6, 6.07) is 5.76. The van der Waals surface area contributed by atoms with Gasteiger partial charge in [0.15, 0.2) is 0 Å². The molecule has 0 aliphatic heterocycles. The summed E-state index contributed by atoms with van der Waals surface area (Å²) < 4.78 is 0. The molecule has 2 N–H and O–H groups in total. The van der Waals surface area contributed by atoms with E-state index in [-0.39, 0.29) is 24.0 Å². The summed E-state index contributed by atoms with van der Waals surface area (Å²) in [5.74, 6) is 0. The molecule has 1 aromatic rings. The molecule has 21 heavy (non-hydrogen) atoms. The van der Waals surface area contributed by atoms with Gasteiger partial charge in [-0.15, -0.1) is 12.4 Å². The highest BCUT2D eigenvalue weighted by atomic mass is 35.5. The van der Waals surface area contributed by atoms with Crippen LogP contribution in [0, 0.1) is 0 Å². The number of halogens is 3. The highest BCUT2D eigenvalue weighted by molar-refractivity contribution is 7.80.